The summed E-state index contributed by atoms with van der Waals surface area (Å²) in [5.41, 5.74) is 2.40. The maximum atomic E-state index is 11.8. The Balaban J connectivity index is 2.54. The van der Waals surface area contributed by atoms with Crippen LogP contribution in [0.3, 0.4) is 0 Å². The number of aryl methyl sites for hydroxylation is 1. The number of unbranched alkanes of at least 4 members (excludes halogenated alkanes) is 2. The highest BCUT2D eigenvalue weighted by Crippen LogP contribution is 2.43. The van der Waals surface area contributed by atoms with E-state index in [1.165, 1.54) is 11.3 Å². The van der Waals surface area contributed by atoms with Crippen LogP contribution in [0.15, 0.2) is 12.1 Å². The molecule has 0 bridgehead atoms. The highest BCUT2D eigenvalue weighted by molar-refractivity contribution is 7.17. The normalized spacial score (nSPS) is 10.7. The van der Waals surface area contributed by atoms with Crippen LogP contribution in [0.4, 0.5) is 5.13 Å². The first-order chi connectivity index (χ1) is 13.1. The summed E-state index contributed by atoms with van der Waals surface area (Å²) in [7, 11) is 3.25. The lowest BCUT2D eigenvalue weighted by Crippen LogP contribution is -2.25. The molecule has 1 heterocycles. The Hall–Kier alpha value is -2.08. The quantitative estimate of drug-likeness (QED) is 0.484. The molecule has 0 spiro atoms. The second kappa shape index (κ2) is 10.3. The highest BCUT2D eigenvalue weighted by Gasteiger charge is 2.23. The zero-order valence-corrected chi connectivity index (χ0v) is 17.8. The van der Waals surface area contributed by atoms with Crippen LogP contribution in [0.2, 0.25) is 0 Å². The van der Waals surface area contributed by atoms with Gasteiger partial charge in [-0.15, -0.1) is 0 Å². The van der Waals surface area contributed by atoms with E-state index in [0.29, 0.717) is 22.1 Å². The fourth-order valence-corrected chi connectivity index (χ4v) is 3.93. The van der Waals surface area contributed by atoms with Crippen molar-refractivity contribution >= 4 is 22.8 Å². The average molecular weight is 391 g/mol. The maximum absolute atomic E-state index is 11.8. The third kappa shape index (κ3) is 5.01. The number of carbonyl (C=O) groups excluding carboxylic acids is 1. The van der Waals surface area contributed by atoms with E-state index in [4.69, 9.17) is 14.5 Å². The van der Waals surface area contributed by atoms with Gasteiger partial charge in [0.25, 0.3) is 0 Å². The van der Waals surface area contributed by atoms with Crippen LogP contribution in [0.1, 0.15) is 54.8 Å². The lowest BCUT2D eigenvalue weighted by Gasteiger charge is -2.21. The van der Waals surface area contributed by atoms with Crippen molar-refractivity contribution in [2.45, 2.75) is 46.5 Å². The van der Waals surface area contributed by atoms with Gasteiger partial charge in [-0.25, -0.2) is 4.98 Å². The molecule has 148 valence electrons. The van der Waals surface area contributed by atoms with Crippen LogP contribution in [0.5, 0.6) is 11.5 Å². The van der Waals surface area contributed by atoms with Gasteiger partial charge in [-0.2, -0.15) is 0 Å². The largest absolute Gasteiger partial charge is 0.496 e. The molecule has 0 aliphatic rings. The lowest BCUT2D eigenvalue weighted by molar-refractivity contribution is 0.112. The van der Waals surface area contributed by atoms with Gasteiger partial charge in [0.05, 0.1) is 24.7 Å². The maximum Gasteiger partial charge on any atom is 0.186 e. The van der Waals surface area contributed by atoms with Crippen LogP contribution in [0, 0.1) is 6.92 Å². The molecule has 5 nitrogen and oxygen atoms in total. The number of benzene rings is 1. The number of rotatable bonds is 11. The standard InChI is InChI=1S/C21H30N2O3S/c1-6-8-10-23(11-9-7-2)21-22-20(18(14-24)27-21)19-16(25-4)12-15(3)13-17(19)26-5/h12-14H,6-11H2,1-5H3. The van der Waals surface area contributed by atoms with Gasteiger partial charge in [0.1, 0.15) is 17.2 Å². The Morgan fingerprint density at radius 2 is 1.63 bits per heavy atom. The van der Waals surface area contributed by atoms with Gasteiger partial charge < -0.3 is 14.4 Å². The number of thiazole rings is 1. The predicted molar refractivity (Wildman–Crippen MR) is 113 cm³/mol. The Bertz CT molecular complexity index is 725. The van der Waals surface area contributed by atoms with Crippen molar-refractivity contribution in [3.63, 3.8) is 0 Å². The summed E-state index contributed by atoms with van der Waals surface area (Å²) in [4.78, 5) is 19.6. The molecule has 27 heavy (non-hydrogen) atoms. The minimum Gasteiger partial charge on any atom is -0.496 e. The summed E-state index contributed by atoms with van der Waals surface area (Å²) in [6.45, 7) is 8.25. The number of carbonyl (C=O) groups is 1. The fraction of sp³-hybridized carbons (Fsp3) is 0.524. The van der Waals surface area contributed by atoms with E-state index in [-0.39, 0.29) is 0 Å². The molecule has 0 saturated carbocycles. The van der Waals surface area contributed by atoms with Crippen LogP contribution < -0.4 is 14.4 Å². The highest BCUT2D eigenvalue weighted by atomic mass is 32.1. The fourth-order valence-electron chi connectivity index (χ4n) is 2.99. The summed E-state index contributed by atoms with van der Waals surface area (Å²) >= 11 is 1.44. The van der Waals surface area contributed by atoms with Gasteiger partial charge in [-0.1, -0.05) is 38.0 Å². The van der Waals surface area contributed by atoms with Crippen molar-refractivity contribution < 1.29 is 14.3 Å². The molecule has 0 saturated heterocycles. The molecule has 2 aromatic rings. The number of aldehydes is 1. The third-order valence-corrected chi connectivity index (χ3v) is 5.51. The molecular weight excluding hydrogens is 360 g/mol. The van der Waals surface area contributed by atoms with Crippen molar-refractivity contribution in [3.05, 3.63) is 22.6 Å². The van der Waals surface area contributed by atoms with E-state index in [9.17, 15) is 4.79 Å². The van der Waals surface area contributed by atoms with Crippen molar-refractivity contribution in [1.29, 1.82) is 0 Å². The van der Waals surface area contributed by atoms with Crippen LogP contribution >= 0.6 is 11.3 Å². The van der Waals surface area contributed by atoms with E-state index in [0.717, 1.165) is 61.3 Å². The van der Waals surface area contributed by atoms with E-state index < -0.39 is 0 Å². The first-order valence-corrected chi connectivity index (χ1v) is 10.3. The molecule has 0 fully saturated rings. The van der Waals surface area contributed by atoms with Crippen molar-refractivity contribution in [1.82, 2.24) is 4.98 Å². The Labute approximate surface area is 166 Å². The van der Waals surface area contributed by atoms with Crippen molar-refractivity contribution in [2.75, 3.05) is 32.2 Å². The molecule has 0 unspecified atom stereocenters. The van der Waals surface area contributed by atoms with Crippen molar-refractivity contribution in [3.8, 4) is 22.8 Å². The van der Waals surface area contributed by atoms with E-state index in [2.05, 4.69) is 18.7 Å². The van der Waals surface area contributed by atoms with Gasteiger partial charge in [0.2, 0.25) is 0 Å². The second-order valence-electron chi connectivity index (χ2n) is 6.57. The zero-order valence-electron chi connectivity index (χ0n) is 17.0. The number of hydrogen-bond donors (Lipinski definition) is 0. The Morgan fingerprint density at radius 3 is 2.07 bits per heavy atom. The summed E-state index contributed by atoms with van der Waals surface area (Å²) in [5.74, 6) is 1.33. The van der Waals surface area contributed by atoms with Crippen molar-refractivity contribution in [2.24, 2.45) is 0 Å². The number of anilines is 1. The molecule has 1 aromatic carbocycles. The van der Waals surface area contributed by atoms with Crippen LogP contribution in [-0.2, 0) is 0 Å². The van der Waals surface area contributed by atoms with Crippen LogP contribution in [-0.4, -0.2) is 38.6 Å². The summed E-state index contributed by atoms with van der Waals surface area (Å²) in [6, 6.07) is 3.88. The van der Waals surface area contributed by atoms with E-state index >= 15 is 0 Å². The van der Waals surface area contributed by atoms with Gasteiger partial charge in [0, 0.05) is 13.1 Å². The van der Waals surface area contributed by atoms with E-state index in [1.807, 2.05) is 19.1 Å². The Morgan fingerprint density at radius 1 is 1.07 bits per heavy atom. The Kier molecular flexibility index (Phi) is 8.10. The molecule has 0 N–H and O–H groups in total. The number of methoxy groups -OCH3 is 2. The summed E-state index contributed by atoms with van der Waals surface area (Å²) in [6.07, 6.45) is 5.34. The number of aromatic nitrogens is 1. The van der Waals surface area contributed by atoms with E-state index in [1.54, 1.807) is 14.2 Å². The molecule has 0 radical (unpaired) electrons. The van der Waals surface area contributed by atoms with Gasteiger partial charge in [-0.05, 0) is 37.5 Å². The molecule has 0 aliphatic carbocycles. The first kappa shape index (κ1) is 21.2. The minimum absolute atomic E-state index is 0.600. The number of ether oxygens (including phenoxy) is 2. The molecule has 2 rings (SSSR count). The predicted octanol–water partition coefficient (Wildman–Crippen LogP) is 5.35. The molecule has 0 amide bonds. The molecule has 0 atom stereocenters. The summed E-state index contributed by atoms with van der Waals surface area (Å²) in [5, 5.41) is 0.888. The molecule has 1 aromatic heterocycles. The molecule has 0 aliphatic heterocycles. The number of nitrogens with zero attached hydrogens (tertiary/aromatic N) is 2. The number of hydrogen-bond acceptors (Lipinski definition) is 6. The average Bonchev–Trinajstić information content (AvgIpc) is 3.10. The lowest BCUT2D eigenvalue weighted by atomic mass is 10.1. The van der Waals surface area contributed by atoms with Gasteiger partial charge >= 0.3 is 0 Å². The molecule has 6 heteroatoms. The third-order valence-electron chi connectivity index (χ3n) is 4.47. The van der Waals surface area contributed by atoms with Gasteiger partial charge in [-0.3, -0.25) is 4.79 Å². The first-order valence-electron chi connectivity index (χ1n) is 9.53. The molecular formula is C21H30N2O3S. The summed E-state index contributed by atoms with van der Waals surface area (Å²) < 4.78 is 11.2. The monoisotopic (exact) mass is 390 g/mol. The van der Waals surface area contributed by atoms with Crippen LogP contribution in [0.25, 0.3) is 11.3 Å². The SMILES string of the molecule is CCCCN(CCCC)c1nc(-c2c(OC)cc(C)cc2OC)c(C=O)s1. The van der Waals surface area contributed by atoms with Gasteiger partial charge in [0.15, 0.2) is 11.4 Å². The topological polar surface area (TPSA) is 51.7 Å². The second-order valence-corrected chi connectivity index (χ2v) is 7.57. The minimum atomic E-state index is 0.600. The smallest absolute Gasteiger partial charge is 0.186 e. The zero-order chi connectivity index (χ0) is 19.8.